The van der Waals surface area contributed by atoms with Gasteiger partial charge in [0.1, 0.15) is 6.54 Å². The number of anilines is 1. The summed E-state index contributed by atoms with van der Waals surface area (Å²) < 4.78 is 2.43. The molecule has 0 bridgehead atoms. The first kappa shape index (κ1) is 21.2. The molecule has 32 heavy (non-hydrogen) atoms. The lowest BCUT2D eigenvalue weighted by Crippen LogP contribution is -2.42. The second-order valence-corrected chi connectivity index (χ2v) is 7.91. The van der Waals surface area contributed by atoms with Crippen LogP contribution in [0.1, 0.15) is 22.3 Å². The maximum Gasteiger partial charge on any atom is 0.332 e. The first-order valence-electron chi connectivity index (χ1n) is 10.3. The van der Waals surface area contributed by atoms with Crippen molar-refractivity contribution in [2.45, 2.75) is 33.9 Å². The lowest BCUT2D eigenvalue weighted by Gasteiger charge is -2.15. The van der Waals surface area contributed by atoms with Crippen LogP contribution in [0.5, 0.6) is 0 Å². The number of hydrogen-bond acceptors (Lipinski definition) is 4. The quantitative estimate of drug-likeness (QED) is 0.529. The van der Waals surface area contributed by atoms with Crippen LogP contribution in [-0.2, 0) is 17.9 Å². The van der Waals surface area contributed by atoms with Crippen LogP contribution in [0.3, 0.4) is 0 Å². The molecular weight excluding hydrogens is 404 g/mol. The van der Waals surface area contributed by atoms with Gasteiger partial charge in [-0.25, -0.2) is 9.78 Å². The molecule has 4 rings (SSSR count). The second-order valence-electron chi connectivity index (χ2n) is 7.91. The fourth-order valence-electron chi connectivity index (χ4n) is 3.63. The average molecular weight is 428 g/mol. The molecule has 7 nitrogen and oxygen atoms in total. The third kappa shape index (κ3) is 4.09. The van der Waals surface area contributed by atoms with E-state index in [1.165, 1.54) is 10.8 Å². The Hall–Kier alpha value is -4.00. The summed E-state index contributed by atoms with van der Waals surface area (Å²) in [5.41, 5.74) is 4.07. The van der Waals surface area contributed by atoms with E-state index >= 15 is 0 Å². The lowest BCUT2D eigenvalue weighted by molar-refractivity contribution is -0.116. The number of hydrogen-bond donors (Lipinski definition) is 1. The van der Waals surface area contributed by atoms with E-state index in [9.17, 15) is 14.4 Å². The Morgan fingerprint density at radius 1 is 0.938 bits per heavy atom. The van der Waals surface area contributed by atoms with E-state index in [0.717, 1.165) is 26.8 Å². The predicted octanol–water partition coefficient (Wildman–Crippen LogP) is 3.17. The fraction of sp³-hybridized carbons (Fsp3) is 0.200. The van der Waals surface area contributed by atoms with Crippen LogP contribution < -0.4 is 16.6 Å². The summed E-state index contributed by atoms with van der Waals surface area (Å²) in [5.74, 6) is -0.355. The van der Waals surface area contributed by atoms with Gasteiger partial charge in [-0.3, -0.25) is 18.7 Å². The fourth-order valence-corrected chi connectivity index (χ4v) is 3.63. The number of rotatable bonds is 5. The summed E-state index contributed by atoms with van der Waals surface area (Å²) in [7, 11) is 0. The maximum atomic E-state index is 13.3. The number of carbonyl (C=O) groups is 1. The second kappa shape index (κ2) is 8.63. The number of aryl methyl sites for hydroxylation is 2. The Bertz CT molecular complexity index is 1430. The number of nitrogens with zero attached hydrogens (tertiary/aromatic N) is 3. The zero-order valence-corrected chi connectivity index (χ0v) is 18.3. The zero-order chi connectivity index (χ0) is 22.8. The van der Waals surface area contributed by atoms with Gasteiger partial charge in [-0.1, -0.05) is 42.0 Å². The van der Waals surface area contributed by atoms with E-state index in [4.69, 9.17) is 0 Å². The molecule has 0 radical (unpaired) electrons. The van der Waals surface area contributed by atoms with Crippen molar-refractivity contribution in [3.63, 3.8) is 0 Å². The van der Waals surface area contributed by atoms with Crippen LogP contribution in [0.15, 0.2) is 70.4 Å². The van der Waals surface area contributed by atoms with E-state index in [1.807, 2.05) is 63.2 Å². The van der Waals surface area contributed by atoms with E-state index < -0.39 is 11.2 Å². The van der Waals surface area contributed by atoms with Crippen LogP contribution >= 0.6 is 0 Å². The van der Waals surface area contributed by atoms with Crippen molar-refractivity contribution < 1.29 is 4.79 Å². The van der Waals surface area contributed by atoms with Gasteiger partial charge in [0.25, 0.3) is 5.56 Å². The largest absolute Gasteiger partial charge is 0.332 e. The lowest BCUT2D eigenvalue weighted by atomic mass is 10.1. The summed E-state index contributed by atoms with van der Waals surface area (Å²) in [6.07, 6.45) is 1.50. The molecular formula is C25H24N4O3. The van der Waals surface area contributed by atoms with Crippen molar-refractivity contribution in [2.75, 3.05) is 5.32 Å². The molecule has 0 saturated heterocycles. The molecule has 7 heteroatoms. The van der Waals surface area contributed by atoms with Gasteiger partial charge < -0.3 is 5.32 Å². The van der Waals surface area contributed by atoms with Gasteiger partial charge in [-0.2, -0.15) is 0 Å². The van der Waals surface area contributed by atoms with E-state index in [0.29, 0.717) is 11.2 Å². The summed E-state index contributed by atoms with van der Waals surface area (Å²) in [6, 6.07) is 16.5. The third-order valence-corrected chi connectivity index (χ3v) is 5.63. The minimum absolute atomic E-state index is 0.100. The predicted molar refractivity (Wildman–Crippen MR) is 125 cm³/mol. The van der Waals surface area contributed by atoms with Crippen LogP contribution in [-0.4, -0.2) is 20.0 Å². The molecule has 0 atom stereocenters. The normalized spacial score (nSPS) is 11.0. The van der Waals surface area contributed by atoms with Crippen molar-refractivity contribution in [3.8, 4) is 0 Å². The van der Waals surface area contributed by atoms with Crippen molar-refractivity contribution in [1.82, 2.24) is 14.1 Å². The van der Waals surface area contributed by atoms with Gasteiger partial charge in [0, 0.05) is 11.9 Å². The summed E-state index contributed by atoms with van der Waals surface area (Å²) >= 11 is 0. The summed E-state index contributed by atoms with van der Waals surface area (Å²) in [5, 5.41) is 2.87. The maximum absolute atomic E-state index is 13.3. The van der Waals surface area contributed by atoms with Crippen LogP contribution in [0.25, 0.3) is 11.0 Å². The highest BCUT2D eigenvalue weighted by Crippen LogP contribution is 2.18. The van der Waals surface area contributed by atoms with Gasteiger partial charge in [-0.15, -0.1) is 0 Å². The monoisotopic (exact) mass is 428 g/mol. The van der Waals surface area contributed by atoms with Crippen LogP contribution in [0, 0.1) is 20.8 Å². The molecule has 2 aromatic carbocycles. The zero-order valence-electron chi connectivity index (χ0n) is 18.3. The first-order chi connectivity index (χ1) is 15.3. The number of amides is 1. The summed E-state index contributed by atoms with van der Waals surface area (Å²) in [4.78, 5) is 43.4. The molecule has 0 fully saturated rings. The number of nitrogens with one attached hydrogen (secondary N) is 1. The Kier molecular flexibility index (Phi) is 5.73. The Labute approximate surface area is 185 Å². The van der Waals surface area contributed by atoms with E-state index in [2.05, 4.69) is 10.3 Å². The molecule has 1 amide bonds. The highest BCUT2D eigenvalue weighted by atomic mass is 16.2. The van der Waals surface area contributed by atoms with Crippen molar-refractivity contribution in [2.24, 2.45) is 0 Å². The molecule has 0 aliphatic carbocycles. The molecule has 0 aliphatic rings. The minimum Gasteiger partial charge on any atom is -0.324 e. The number of carbonyl (C=O) groups excluding carboxylic acids is 1. The summed E-state index contributed by atoms with van der Waals surface area (Å²) in [6.45, 7) is 5.73. The molecule has 4 aromatic rings. The smallest absolute Gasteiger partial charge is 0.324 e. The molecule has 2 aromatic heterocycles. The highest BCUT2D eigenvalue weighted by Gasteiger charge is 2.17. The van der Waals surface area contributed by atoms with Crippen LogP contribution in [0.4, 0.5) is 5.69 Å². The highest BCUT2D eigenvalue weighted by molar-refractivity contribution is 5.92. The average Bonchev–Trinajstić information content (AvgIpc) is 2.78. The molecule has 1 N–H and O–H groups in total. The van der Waals surface area contributed by atoms with Crippen molar-refractivity contribution in [3.05, 3.63) is 104 Å². The van der Waals surface area contributed by atoms with Gasteiger partial charge in [-0.05, 0) is 55.7 Å². The number of pyridine rings is 1. The van der Waals surface area contributed by atoms with Gasteiger partial charge >= 0.3 is 5.69 Å². The van der Waals surface area contributed by atoms with Gasteiger partial charge in [0.2, 0.25) is 5.91 Å². The first-order valence-corrected chi connectivity index (χ1v) is 10.3. The third-order valence-electron chi connectivity index (χ3n) is 5.63. The SMILES string of the molecule is Cc1ccc(Cn2c(=O)c3ncccc3n(CC(=O)Nc3cccc(C)c3C)c2=O)cc1. The standard InChI is InChI=1S/C25H24N4O3/c1-16-9-11-19(12-10-16)14-29-24(31)23-21(8-5-13-26-23)28(25(29)32)15-22(30)27-20-7-4-6-17(2)18(20)3/h4-13H,14-15H2,1-3H3,(H,27,30). The number of benzene rings is 2. The molecule has 2 heterocycles. The minimum atomic E-state index is -0.549. The Morgan fingerprint density at radius 2 is 1.69 bits per heavy atom. The van der Waals surface area contributed by atoms with E-state index in [-0.39, 0.29) is 24.5 Å². The number of fused-ring (bicyclic) bond motifs is 1. The van der Waals surface area contributed by atoms with Crippen LogP contribution in [0.2, 0.25) is 0 Å². The van der Waals surface area contributed by atoms with Gasteiger partial charge in [0.05, 0.1) is 12.1 Å². The number of aromatic nitrogens is 3. The molecule has 0 aliphatic heterocycles. The molecule has 0 saturated carbocycles. The molecule has 0 spiro atoms. The van der Waals surface area contributed by atoms with Crippen molar-refractivity contribution in [1.29, 1.82) is 0 Å². The van der Waals surface area contributed by atoms with E-state index in [1.54, 1.807) is 12.1 Å². The van der Waals surface area contributed by atoms with Gasteiger partial charge in [0.15, 0.2) is 5.52 Å². The topological polar surface area (TPSA) is 86.0 Å². The Morgan fingerprint density at radius 3 is 2.44 bits per heavy atom. The Balaban J connectivity index is 1.75. The molecule has 0 unspecified atom stereocenters. The molecule has 162 valence electrons. The van der Waals surface area contributed by atoms with Crippen molar-refractivity contribution >= 4 is 22.6 Å².